The van der Waals surface area contributed by atoms with Crippen LogP contribution in [0.3, 0.4) is 0 Å². The van der Waals surface area contributed by atoms with Crippen LogP contribution in [0, 0.1) is 11.3 Å². The van der Waals surface area contributed by atoms with Crippen LogP contribution in [0.5, 0.6) is 11.5 Å². The molecule has 5 rings (SSSR count). The predicted molar refractivity (Wildman–Crippen MR) is 136 cm³/mol. The van der Waals surface area contributed by atoms with E-state index in [2.05, 4.69) is 31.4 Å². The number of aromatic nitrogens is 6. The average Bonchev–Trinajstić information content (AvgIpc) is 3.49. The first-order valence-electron chi connectivity index (χ1n) is 12.0. The third kappa shape index (κ3) is 5.04. The summed E-state index contributed by atoms with van der Waals surface area (Å²) in [6, 6.07) is 6.82. The number of methoxy groups -OCH3 is 1. The summed E-state index contributed by atoms with van der Waals surface area (Å²) in [5, 5.41) is 17.2. The number of ether oxygens (including phenoxy) is 3. The average molecular weight is 538 g/mol. The molecule has 1 aliphatic heterocycles. The Morgan fingerprint density at radius 2 is 2.13 bits per heavy atom. The second-order valence-corrected chi connectivity index (χ2v) is 8.70. The molecule has 5 heterocycles. The first-order valence-corrected chi connectivity index (χ1v) is 12.0. The second kappa shape index (κ2) is 10.5. The van der Waals surface area contributed by atoms with Gasteiger partial charge in [-0.1, -0.05) is 0 Å². The highest BCUT2D eigenvalue weighted by Gasteiger charge is 2.38. The van der Waals surface area contributed by atoms with Gasteiger partial charge in [-0.25, -0.2) is 9.97 Å². The summed E-state index contributed by atoms with van der Waals surface area (Å²) in [6.45, 7) is 1.23. The predicted octanol–water partition coefficient (Wildman–Crippen LogP) is 3.42. The van der Waals surface area contributed by atoms with Crippen LogP contribution in [0.1, 0.15) is 29.8 Å². The third-order valence-electron chi connectivity index (χ3n) is 6.15. The maximum absolute atomic E-state index is 14.3. The zero-order chi connectivity index (χ0) is 27.6. The molecule has 4 aromatic rings. The fraction of sp³-hybridized carbons (Fsp3) is 0.320. The molecule has 1 aliphatic rings. The first kappa shape index (κ1) is 25.9. The molecule has 4 aromatic heterocycles. The fourth-order valence-electron chi connectivity index (χ4n) is 4.23. The Kier molecular flexibility index (Phi) is 6.99. The van der Waals surface area contributed by atoms with Crippen LogP contribution in [-0.2, 0) is 24.3 Å². The number of nitrogens with one attached hydrogen (secondary N) is 1. The van der Waals surface area contributed by atoms with Gasteiger partial charge < -0.3 is 29.8 Å². The van der Waals surface area contributed by atoms with Crippen LogP contribution in [0.4, 0.5) is 20.5 Å². The number of nitrogens with zero attached hydrogens (tertiary/aromatic N) is 7. The molecule has 14 heteroatoms. The lowest BCUT2D eigenvalue weighted by atomic mass is 10.1. The number of anilines is 2. The van der Waals surface area contributed by atoms with Crippen LogP contribution in [0.2, 0.25) is 0 Å². The summed E-state index contributed by atoms with van der Waals surface area (Å²) in [7, 11) is 3.25. The van der Waals surface area contributed by atoms with Crippen LogP contribution >= 0.6 is 0 Å². The molecule has 202 valence electrons. The third-order valence-corrected chi connectivity index (χ3v) is 6.15. The van der Waals surface area contributed by atoms with Crippen LogP contribution in [0.15, 0.2) is 36.8 Å². The van der Waals surface area contributed by atoms with Gasteiger partial charge in [0.15, 0.2) is 23.0 Å². The smallest absolute Gasteiger partial charge is 0.289 e. The maximum atomic E-state index is 14.3. The zero-order valence-corrected chi connectivity index (χ0v) is 21.2. The molecule has 3 N–H and O–H groups in total. The van der Waals surface area contributed by atoms with Crippen LogP contribution in [-0.4, -0.2) is 49.6 Å². The molecule has 0 saturated carbocycles. The molecule has 39 heavy (non-hydrogen) atoms. The molecule has 0 spiro atoms. The van der Waals surface area contributed by atoms with Crippen molar-refractivity contribution in [3.8, 4) is 17.6 Å². The topological polar surface area (TPSA) is 151 Å². The van der Waals surface area contributed by atoms with Crippen LogP contribution in [0.25, 0.3) is 16.9 Å². The standard InChI is InChI=1S/C25H25F2N9O3/c1-35-22-16(11-28)19(39-18(12-29)17-5-4-15(13-30-17)38-9-8-37-2)14-31-23(22)33-24(35)32-21-10-20-25(26,27)6-3-7-36(20)34-21/h4-5,10,12-14H,3,6-9,29H2,1-2H3,(H,31,32,33,34). The molecule has 0 radical (unpaired) electrons. The van der Waals surface area contributed by atoms with Gasteiger partial charge in [0.1, 0.15) is 40.9 Å². The maximum Gasteiger partial charge on any atom is 0.289 e. The number of hydrogen-bond acceptors (Lipinski definition) is 10. The molecular formula is C25H25F2N9O3. The molecular weight excluding hydrogens is 512 g/mol. The Labute approximate surface area is 221 Å². The van der Waals surface area contributed by atoms with E-state index < -0.39 is 5.92 Å². The Bertz CT molecular complexity index is 1570. The Balaban J connectivity index is 1.41. The highest BCUT2D eigenvalue weighted by molar-refractivity contribution is 5.84. The van der Waals surface area contributed by atoms with E-state index in [0.29, 0.717) is 43.1 Å². The van der Waals surface area contributed by atoms with E-state index in [0.717, 1.165) is 0 Å². The van der Waals surface area contributed by atoms with Gasteiger partial charge in [0.25, 0.3) is 5.92 Å². The SMILES string of the molecule is COCCOc1ccc(C(=CN)Oc2cnc3nc(Nc4cc5n(n4)CCCC5(F)F)n(C)c3c2C#N)nc1. The Morgan fingerprint density at radius 1 is 1.28 bits per heavy atom. The minimum Gasteiger partial charge on any atom is -0.490 e. The van der Waals surface area contributed by atoms with Crippen molar-refractivity contribution in [2.75, 3.05) is 25.6 Å². The summed E-state index contributed by atoms with van der Waals surface area (Å²) < 4.78 is 47.9. The van der Waals surface area contributed by atoms with Crippen molar-refractivity contribution in [2.24, 2.45) is 12.8 Å². The van der Waals surface area contributed by atoms with Crippen molar-refractivity contribution >= 4 is 28.7 Å². The van der Waals surface area contributed by atoms with Gasteiger partial charge in [0, 0.05) is 39.4 Å². The quantitative estimate of drug-likeness (QED) is 0.240. The summed E-state index contributed by atoms with van der Waals surface area (Å²) in [4.78, 5) is 13.1. The molecule has 0 aromatic carbocycles. The minimum absolute atomic E-state index is 0.135. The van der Waals surface area contributed by atoms with Gasteiger partial charge in [0.05, 0.1) is 19.0 Å². The van der Waals surface area contributed by atoms with E-state index in [1.54, 1.807) is 30.9 Å². The summed E-state index contributed by atoms with van der Waals surface area (Å²) in [6.07, 6.45) is 4.23. The summed E-state index contributed by atoms with van der Waals surface area (Å²) >= 11 is 0. The van der Waals surface area contributed by atoms with Crippen LogP contribution < -0.4 is 20.5 Å². The number of nitriles is 1. The molecule has 0 aliphatic carbocycles. The number of pyridine rings is 2. The molecule has 0 bridgehead atoms. The van der Waals surface area contributed by atoms with Gasteiger partial charge in [0.2, 0.25) is 5.95 Å². The molecule has 0 amide bonds. The number of hydrogen-bond donors (Lipinski definition) is 2. The summed E-state index contributed by atoms with van der Waals surface area (Å²) in [5.41, 5.74) is 6.85. The zero-order valence-electron chi connectivity index (χ0n) is 21.2. The molecule has 0 saturated heterocycles. The van der Waals surface area contributed by atoms with E-state index in [4.69, 9.17) is 19.9 Å². The van der Waals surface area contributed by atoms with E-state index in [1.807, 2.05) is 0 Å². The van der Waals surface area contributed by atoms with Crippen molar-refractivity contribution in [2.45, 2.75) is 25.3 Å². The summed E-state index contributed by atoms with van der Waals surface area (Å²) in [5.74, 6) is -1.58. The largest absolute Gasteiger partial charge is 0.490 e. The normalized spacial score (nSPS) is 14.6. The number of halogens is 2. The van der Waals surface area contributed by atoms with Crippen molar-refractivity contribution < 1.29 is 23.0 Å². The lowest BCUT2D eigenvalue weighted by Crippen LogP contribution is -2.25. The lowest BCUT2D eigenvalue weighted by molar-refractivity contribution is -0.0364. The lowest BCUT2D eigenvalue weighted by Gasteiger charge is -2.22. The van der Waals surface area contributed by atoms with Crippen molar-refractivity contribution in [3.05, 3.63) is 53.7 Å². The minimum atomic E-state index is -2.94. The Morgan fingerprint density at radius 3 is 2.82 bits per heavy atom. The number of rotatable bonds is 9. The second-order valence-electron chi connectivity index (χ2n) is 8.70. The number of aryl methyl sites for hydroxylation is 2. The van der Waals surface area contributed by atoms with E-state index in [1.165, 1.54) is 29.3 Å². The highest BCUT2D eigenvalue weighted by atomic mass is 19.3. The van der Waals surface area contributed by atoms with Gasteiger partial charge in [-0.15, -0.1) is 0 Å². The van der Waals surface area contributed by atoms with Crippen molar-refractivity contribution in [3.63, 3.8) is 0 Å². The van der Waals surface area contributed by atoms with Gasteiger partial charge >= 0.3 is 0 Å². The van der Waals surface area contributed by atoms with Gasteiger partial charge in [-0.3, -0.25) is 4.68 Å². The van der Waals surface area contributed by atoms with E-state index in [9.17, 15) is 14.0 Å². The van der Waals surface area contributed by atoms with Crippen molar-refractivity contribution in [1.29, 1.82) is 5.26 Å². The number of fused-ring (bicyclic) bond motifs is 2. The van der Waals surface area contributed by atoms with Crippen molar-refractivity contribution in [1.82, 2.24) is 29.3 Å². The van der Waals surface area contributed by atoms with Gasteiger partial charge in [-0.2, -0.15) is 24.1 Å². The molecule has 12 nitrogen and oxygen atoms in total. The molecule has 0 fully saturated rings. The number of nitrogens with two attached hydrogens (primary N) is 1. The number of alkyl halides is 2. The molecule has 0 unspecified atom stereocenters. The number of imidazole rings is 1. The van der Waals surface area contributed by atoms with E-state index >= 15 is 0 Å². The highest BCUT2D eigenvalue weighted by Crippen LogP contribution is 2.38. The monoisotopic (exact) mass is 537 g/mol. The molecule has 0 atom stereocenters. The first-order chi connectivity index (χ1) is 18.8. The fourth-order valence-corrected chi connectivity index (χ4v) is 4.23. The van der Waals surface area contributed by atoms with Gasteiger partial charge in [-0.05, 0) is 18.6 Å². The van der Waals surface area contributed by atoms with E-state index in [-0.39, 0.29) is 46.6 Å². The Hall–Kier alpha value is -4.77.